The van der Waals surface area contributed by atoms with Crippen LogP contribution in [-0.4, -0.2) is 60.8 Å². The Morgan fingerprint density at radius 3 is 2.74 bits per heavy atom. The summed E-state index contributed by atoms with van der Waals surface area (Å²) < 4.78 is 5.90. The fraction of sp³-hybridized carbons (Fsp3) is 0.933. The van der Waals surface area contributed by atoms with E-state index >= 15 is 0 Å². The molecule has 0 N–H and O–H groups in total. The SMILES string of the molecule is CC(C)N1CCOC(CN(CC#N)C2CCCC2)C1. The third-order valence-corrected chi connectivity index (χ3v) is 4.45. The molecule has 1 saturated carbocycles. The molecule has 1 atom stereocenters. The molecule has 0 bridgehead atoms. The van der Waals surface area contributed by atoms with E-state index < -0.39 is 0 Å². The van der Waals surface area contributed by atoms with E-state index in [4.69, 9.17) is 10.00 Å². The van der Waals surface area contributed by atoms with Gasteiger partial charge in [0, 0.05) is 31.7 Å². The molecule has 19 heavy (non-hydrogen) atoms. The van der Waals surface area contributed by atoms with Gasteiger partial charge >= 0.3 is 0 Å². The molecule has 0 spiro atoms. The first-order chi connectivity index (χ1) is 9.20. The molecule has 1 heterocycles. The molecule has 0 aromatic heterocycles. The first kappa shape index (κ1) is 14.8. The lowest BCUT2D eigenvalue weighted by Crippen LogP contribution is -2.51. The van der Waals surface area contributed by atoms with Crippen LogP contribution in [0.3, 0.4) is 0 Å². The monoisotopic (exact) mass is 265 g/mol. The molecule has 0 aromatic rings. The van der Waals surface area contributed by atoms with Crippen LogP contribution in [-0.2, 0) is 4.74 Å². The highest BCUT2D eigenvalue weighted by atomic mass is 16.5. The van der Waals surface area contributed by atoms with Crippen LogP contribution in [0.4, 0.5) is 0 Å². The topological polar surface area (TPSA) is 39.5 Å². The molecule has 108 valence electrons. The molecular formula is C15H27N3O. The van der Waals surface area contributed by atoms with Gasteiger partial charge in [-0.1, -0.05) is 12.8 Å². The van der Waals surface area contributed by atoms with E-state index in [1.54, 1.807) is 0 Å². The second-order valence-corrected chi connectivity index (χ2v) is 6.11. The van der Waals surface area contributed by atoms with E-state index in [0.717, 1.165) is 26.2 Å². The van der Waals surface area contributed by atoms with Crippen molar-refractivity contribution in [3.05, 3.63) is 0 Å². The number of morpholine rings is 1. The van der Waals surface area contributed by atoms with Crippen molar-refractivity contribution in [3.8, 4) is 6.07 Å². The van der Waals surface area contributed by atoms with Gasteiger partial charge in [0.15, 0.2) is 0 Å². The number of ether oxygens (including phenoxy) is 1. The lowest BCUT2D eigenvalue weighted by Gasteiger charge is -2.38. The van der Waals surface area contributed by atoms with Gasteiger partial charge in [-0.15, -0.1) is 0 Å². The zero-order valence-corrected chi connectivity index (χ0v) is 12.3. The normalized spacial score (nSPS) is 26.2. The molecule has 1 aliphatic heterocycles. The van der Waals surface area contributed by atoms with Crippen LogP contribution in [0.1, 0.15) is 39.5 Å². The molecular weight excluding hydrogens is 238 g/mol. The number of hydrogen-bond donors (Lipinski definition) is 0. The minimum absolute atomic E-state index is 0.269. The van der Waals surface area contributed by atoms with Crippen molar-refractivity contribution in [2.45, 2.75) is 57.7 Å². The Hall–Kier alpha value is -0.630. The van der Waals surface area contributed by atoms with Crippen LogP contribution < -0.4 is 0 Å². The Balaban J connectivity index is 1.87. The van der Waals surface area contributed by atoms with Gasteiger partial charge in [-0.2, -0.15) is 5.26 Å². The van der Waals surface area contributed by atoms with Crippen LogP contribution in [0.5, 0.6) is 0 Å². The number of nitriles is 1. The van der Waals surface area contributed by atoms with Crippen molar-refractivity contribution >= 4 is 0 Å². The molecule has 2 rings (SSSR count). The maximum absolute atomic E-state index is 9.02. The molecule has 1 unspecified atom stereocenters. The summed E-state index contributed by atoms with van der Waals surface area (Å²) in [5, 5.41) is 9.02. The van der Waals surface area contributed by atoms with Crippen molar-refractivity contribution in [2.24, 2.45) is 0 Å². The fourth-order valence-corrected chi connectivity index (χ4v) is 3.29. The van der Waals surface area contributed by atoms with Crippen LogP contribution >= 0.6 is 0 Å². The first-order valence-corrected chi connectivity index (χ1v) is 7.67. The van der Waals surface area contributed by atoms with Gasteiger partial charge in [0.1, 0.15) is 0 Å². The average molecular weight is 265 g/mol. The summed E-state index contributed by atoms with van der Waals surface area (Å²) in [6.07, 6.45) is 5.40. The molecule has 0 amide bonds. The molecule has 1 saturated heterocycles. The van der Waals surface area contributed by atoms with Gasteiger partial charge in [0.25, 0.3) is 0 Å². The quantitative estimate of drug-likeness (QED) is 0.711. The Labute approximate surface area is 117 Å². The third kappa shape index (κ3) is 4.17. The van der Waals surface area contributed by atoms with Gasteiger partial charge in [0.05, 0.1) is 25.3 Å². The van der Waals surface area contributed by atoms with Gasteiger partial charge in [-0.25, -0.2) is 0 Å². The molecule has 4 heteroatoms. The molecule has 2 fully saturated rings. The van der Waals surface area contributed by atoms with E-state index in [9.17, 15) is 0 Å². The van der Waals surface area contributed by atoms with E-state index in [1.807, 2.05) is 0 Å². The van der Waals surface area contributed by atoms with Crippen LogP contribution in [0, 0.1) is 11.3 Å². The summed E-state index contributed by atoms with van der Waals surface area (Å²) in [7, 11) is 0. The van der Waals surface area contributed by atoms with Crippen molar-refractivity contribution in [1.82, 2.24) is 9.80 Å². The first-order valence-electron chi connectivity index (χ1n) is 7.67. The third-order valence-electron chi connectivity index (χ3n) is 4.45. The van der Waals surface area contributed by atoms with Gasteiger partial charge < -0.3 is 4.74 Å². The summed E-state index contributed by atoms with van der Waals surface area (Å²) in [5.74, 6) is 0. The van der Waals surface area contributed by atoms with Gasteiger partial charge in [-0.05, 0) is 26.7 Å². The highest BCUT2D eigenvalue weighted by Crippen LogP contribution is 2.24. The second kappa shape index (κ2) is 7.23. The standard InChI is InChI=1S/C15H27N3O/c1-13(2)17-9-10-19-15(11-17)12-18(8-7-16)14-5-3-4-6-14/h13-15H,3-6,8-12H2,1-2H3. The van der Waals surface area contributed by atoms with E-state index in [0.29, 0.717) is 18.6 Å². The molecule has 0 radical (unpaired) electrons. The Morgan fingerprint density at radius 1 is 1.37 bits per heavy atom. The zero-order valence-electron chi connectivity index (χ0n) is 12.3. The average Bonchev–Trinajstić information content (AvgIpc) is 2.92. The molecule has 4 nitrogen and oxygen atoms in total. The van der Waals surface area contributed by atoms with E-state index in [2.05, 4.69) is 29.7 Å². The van der Waals surface area contributed by atoms with Gasteiger partial charge in [0.2, 0.25) is 0 Å². The van der Waals surface area contributed by atoms with Gasteiger partial charge in [-0.3, -0.25) is 9.80 Å². The number of nitrogens with zero attached hydrogens (tertiary/aromatic N) is 3. The van der Waals surface area contributed by atoms with Crippen molar-refractivity contribution in [1.29, 1.82) is 5.26 Å². The number of rotatable bonds is 5. The van der Waals surface area contributed by atoms with Crippen molar-refractivity contribution in [2.75, 3.05) is 32.8 Å². The minimum Gasteiger partial charge on any atom is -0.374 e. The maximum Gasteiger partial charge on any atom is 0.0869 e. The fourth-order valence-electron chi connectivity index (χ4n) is 3.29. The predicted molar refractivity (Wildman–Crippen MR) is 75.9 cm³/mol. The Morgan fingerprint density at radius 2 is 2.11 bits per heavy atom. The van der Waals surface area contributed by atoms with E-state index in [1.165, 1.54) is 25.7 Å². The highest BCUT2D eigenvalue weighted by Gasteiger charge is 2.28. The molecule has 1 aliphatic carbocycles. The van der Waals surface area contributed by atoms with Crippen LogP contribution in [0.2, 0.25) is 0 Å². The smallest absolute Gasteiger partial charge is 0.0869 e. The Kier molecular flexibility index (Phi) is 5.62. The zero-order chi connectivity index (χ0) is 13.7. The largest absolute Gasteiger partial charge is 0.374 e. The lowest BCUT2D eigenvalue weighted by atomic mass is 10.1. The summed E-state index contributed by atoms with van der Waals surface area (Å²) >= 11 is 0. The lowest BCUT2D eigenvalue weighted by molar-refractivity contribution is -0.0550. The minimum atomic E-state index is 0.269. The summed E-state index contributed by atoms with van der Waals surface area (Å²) in [6.45, 7) is 8.82. The highest BCUT2D eigenvalue weighted by molar-refractivity contribution is 4.87. The predicted octanol–water partition coefficient (Wildman–Crippen LogP) is 1.86. The summed E-state index contributed by atoms with van der Waals surface area (Å²) in [5.41, 5.74) is 0. The summed E-state index contributed by atoms with van der Waals surface area (Å²) in [6, 6.07) is 3.52. The van der Waals surface area contributed by atoms with Crippen LogP contribution in [0.15, 0.2) is 0 Å². The van der Waals surface area contributed by atoms with Crippen molar-refractivity contribution < 1.29 is 4.74 Å². The molecule has 2 aliphatic rings. The number of hydrogen-bond acceptors (Lipinski definition) is 4. The Bertz CT molecular complexity index is 307. The maximum atomic E-state index is 9.02. The molecule has 0 aromatic carbocycles. The van der Waals surface area contributed by atoms with E-state index in [-0.39, 0.29) is 6.10 Å². The summed E-state index contributed by atoms with van der Waals surface area (Å²) in [4.78, 5) is 4.83. The second-order valence-electron chi connectivity index (χ2n) is 6.11. The van der Waals surface area contributed by atoms with Crippen molar-refractivity contribution in [3.63, 3.8) is 0 Å². The van der Waals surface area contributed by atoms with Crippen LogP contribution in [0.25, 0.3) is 0 Å².